The van der Waals surface area contributed by atoms with Crippen molar-refractivity contribution in [2.75, 3.05) is 0 Å². The molecule has 3 rings (SSSR count). The third kappa shape index (κ3) is 4.96. The van der Waals surface area contributed by atoms with Crippen LogP contribution >= 0.6 is 11.8 Å². The number of rotatable bonds is 6. The molecule has 0 spiro atoms. The van der Waals surface area contributed by atoms with Crippen LogP contribution in [0.25, 0.3) is 0 Å². The van der Waals surface area contributed by atoms with Gasteiger partial charge in [0.05, 0.1) is 0 Å². The predicted molar refractivity (Wildman–Crippen MR) is 111 cm³/mol. The van der Waals surface area contributed by atoms with E-state index in [0.29, 0.717) is 11.1 Å². The molecule has 0 aliphatic rings. The van der Waals surface area contributed by atoms with Gasteiger partial charge in [0.2, 0.25) is 5.78 Å². The number of Topliss-reactive ketones (excluding diaryl/α,β-unsaturated/α-hetero) is 1. The zero-order chi connectivity index (χ0) is 19.9. The van der Waals surface area contributed by atoms with Crippen LogP contribution in [0, 0.1) is 6.92 Å². The average Bonchev–Trinajstić information content (AvgIpc) is 2.70. The Bertz CT molecular complexity index is 1010. The van der Waals surface area contributed by atoms with E-state index < -0.39 is 5.97 Å². The Morgan fingerprint density at radius 3 is 2.07 bits per heavy atom. The number of benzene rings is 3. The van der Waals surface area contributed by atoms with Gasteiger partial charge in [0, 0.05) is 27.8 Å². The maximum absolute atomic E-state index is 13.1. The Balaban J connectivity index is 1.87. The lowest BCUT2D eigenvalue weighted by molar-refractivity contribution is -0.140. The van der Waals surface area contributed by atoms with Crippen molar-refractivity contribution >= 4 is 29.2 Å². The SMILES string of the molecule is CC(=O)O/N=C(\C(=O)c1ccc(Sc2ccccc2)cc1)c1ccccc1C. The maximum atomic E-state index is 13.1. The molecule has 0 saturated heterocycles. The van der Waals surface area contributed by atoms with E-state index in [0.717, 1.165) is 15.4 Å². The van der Waals surface area contributed by atoms with E-state index in [1.807, 2.05) is 67.6 Å². The van der Waals surface area contributed by atoms with Crippen LogP contribution in [0.2, 0.25) is 0 Å². The van der Waals surface area contributed by atoms with Crippen LogP contribution in [0.5, 0.6) is 0 Å². The molecule has 0 bridgehead atoms. The van der Waals surface area contributed by atoms with Crippen molar-refractivity contribution < 1.29 is 14.4 Å². The molecule has 0 unspecified atom stereocenters. The molecular weight excluding hydrogens is 370 g/mol. The van der Waals surface area contributed by atoms with Crippen molar-refractivity contribution in [1.29, 1.82) is 0 Å². The monoisotopic (exact) mass is 389 g/mol. The molecule has 140 valence electrons. The molecule has 0 radical (unpaired) electrons. The van der Waals surface area contributed by atoms with E-state index in [9.17, 15) is 9.59 Å². The summed E-state index contributed by atoms with van der Waals surface area (Å²) in [7, 11) is 0. The highest BCUT2D eigenvalue weighted by atomic mass is 32.2. The maximum Gasteiger partial charge on any atom is 0.332 e. The molecule has 3 aromatic rings. The highest BCUT2D eigenvalue weighted by Gasteiger charge is 2.19. The highest BCUT2D eigenvalue weighted by molar-refractivity contribution is 7.99. The Morgan fingerprint density at radius 2 is 1.43 bits per heavy atom. The topological polar surface area (TPSA) is 55.7 Å². The average molecular weight is 389 g/mol. The first-order valence-corrected chi connectivity index (χ1v) is 9.55. The van der Waals surface area contributed by atoms with Crippen LogP contribution in [-0.2, 0) is 9.63 Å². The standard InChI is InChI=1S/C23H19NO3S/c1-16-8-6-7-11-21(16)22(24-27-17(2)25)23(26)18-12-14-20(15-13-18)28-19-9-4-3-5-10-19/h3-15H,1-2H3/b24-22-. The van der Waals surface area contributed by atoms with E-state index in [1.54, 1.807) is 30.0 Å². The molecular formula is C23H19NO3S. The van der Waals surface area contributed by atoms with Crippen LogP contribution in [0.1, 0.15) is 28.4 Å². The van der Waals surface area contributed by atoms with E-state index in [1.165, 1.54) is 6.92 Å². The minimum atomic E-state index is -0.575. The molecule has 28 heavy (non-hydrogen) atoms. The fraction of sp³-hybridized carbons (Fsp3) is 0.0870. The normalized spacial score (nSPS) is 11.1. The summed E-state index contributed by atoms with van der Waals surface area (Å²) in [5, 5.41) is 3.83. The molecule has 0 aromatic heterocycles. The van der Waals surface area contributed by atoms with Gasteiger partial charge >= 0.3 is 5.97 Å². The molecule has 5 heteroatoms. The second kappa shape index (κ2) is 9.15. The lowest BCUT2D eigenvalue weighted by Crippen LogP contribution is -2.18. The molecule has 3 aromatic carbocycles. The fourth-order valence-corrected chi connectivity index (χ4v) is 3.43. The third-order valence-corrected chi connectivity index (χ3v) is 4.99. The summed E-state index contributed by atoms with van der Waals surface area (Å²) in [4.78, 5) is 31.2. The summed E-state index contributed by atoms with van der Waals surface area (Å²) in [6.07, 6.45) is 0. The molecule has 0 N–H and O–H groups in total. The molecule has 0 saturated carbocycles. The number of ketones is 1. The minimum absolute atomic E-state index is 0.108. The van der Waals surface area contributed by atoms with Crippen LogP contribution < -0.4 is 0 Å². The second-order valence-corrected chi connectivity index (χ2v) is 7.25. The van der Waals surface area contributed by atoms with Gasteiger partial charge in [-0.05, 0) is 48.9 Å². The number of oxime groups is 1. The summed E-state index contributed by atoms with van der Waals surface area (Å²) in [6, 6.07) is 24.7. The Hall–Kier alpha value is -3.18. The fourth-order valence-electron chi connectivity index (χ4n) is 2.60. The van der Waals surface area contributed by atoms with Gasteiger partial charge in [-0.15, -0.1) is 0 Å². The number of carbonyl (C=O) groups is 2. The third-order valence-electron chi connectivity index (χ3n) is 3.98. The highest BCUT2D eigenvalue weighted by Crippen LogP contribution is 2.27. The van der Waals surface area contributed by atoms with Crippen molar-refractivity contribution in [3.63, 3.8) is 0 Å². The van der Waals surface area contributed by atoms with E-state index >= 15 is 0 Å². The molecule has 0 fully saturated rings. The Labute approximate surface area is 168 Å². The van der Waals surface area contributed by atoms with Gasteiger partial charge in [-0.2, -0.15) is 0 Å². The summed E-state index contributed by atoms with van der Waals surface area (Å²) < 4.78 is 0. The molecule has 0 aliphatic heterocycles. The first-order valence-electron chi connectivity index (χ1n) is 8.74. The van der Waals surface area contributed by atoms with Crippen LogP contribution in [0.4, 0.5) is 0 Å². The summed E-state index contributed by atoms with van der Waals surface area (Å²) >= 11 is 1.62. The van der Waals surface area contributed by atoms with Gasteiger partial charge in [0.1, 0.15) is 0 Å². The second-order valence-electron chi connectivity index (χ2n) is 6.11. The number of aryl methyl sites for hydroxylation is 1. The van der Waals surface area contributed by atoms with Crippen molar-refractivity contribution in [2.45, 2.75) is 23.6 Å². The summed E-state index contributed by atoms with van der Waals surface area (Å²) in [5.41, 5.74) is 2.10. The van der Waals surface area contributed by atoms with Crippen LogP contribution in [-0.4, -0.2) is 17.5 Å². The number of hydrogen-bond donors (Lipinski definition) is 0. The molecule has 0 amide bonds. The van der Waals surface area contributed by atoms with Crippen molar-refractivity contribution in [3.05, 3.63) is 95.6 Å². The van der Waals surface area contributed by atoms with Gasteiger partial charge < -0.3 is 4.84 Å². The molecule has 4 nitrogen and oxygen atoms in total. The lowest BCUT2D eigenvalue weighted by Gasteiger charge is -2.09. The van der Waals surface area contributed by atoms with Gasteiger partial charge in [0.25, 0.3) is 0 Å². The lowest BCUT2D eigenvalue weighted by atomic mass is 9.97. The molecule has 0 atom stereocenters. The quantitative estimate of drug-likeness (QED) is 0.249. The summed E-state index contributed by atoms with van der Waals surface area (Å²) in [6.45, 7) is 3.13. The van der Waals surface area contributed by atoms with Crippen molar-refractivity contribution in [3.8, 4) is 0 Å². The van der Waals surface area contributed by atoms with Crippen molar-refractivity contribution in [1.82, 2.24) is 0 Å². The van der Waals surface area contributed by atoms with E-state index in [-0.39, 0.29) is 11.5 Å². The molecule has 0 heterocycles. The first-order chi connectivity index (χ1) is 13.5. The Kier molecular flexibility index (Phi) is 6.40. The van der Waals surface area contributed by atoms with Crippen LogP contribution in [0.15, 0.2) is 93.8 Å². The zero-order valence-corrected chi connectivity index (χ0v) is 16.4. The predicted octanol–water partition coefficient (Wildman–Crippen LogP) is 5.30. The van der Waals surface area contributed by atoms with Crippen LogP contribution in [0.3, 0.4) is 0 Å². The number of nitrogens with zero attached hydrogens (tertiary/aromatic N) is 1. The van der Waals surface area contributed by atoms with E-state index in [2.05, 4.69) is 5.16 Å². The largest absolute Gasteiger partial charge is 0.332 e. The minimum Gasteiger partial charge on any atom is -0.318 e. The Morgan fingerprint density at radius 1 is 0.821 bits per heavy atom. The van der Waals surface area contributed by atoms with E-state index in [4.69, 9.17) is 4.84 Å². The number of hydrogen-bond acceptors (Lipinski definition) is 5. The van der Waals surface area contributed by atoms with Gasteiger partial charge in [-0.1, -0.05) is 59.4 Å². The van der Waals surface area contributed by atoms with Crippen molar-refractivity contribution in [2.24, 2.45) is 5.16 Å². The van der Waals surface area contributed by atoms with Gasteiger partial charge in [-0.25, -0.2) is 4.79 Å². The first kappa shape index (κ1) is 19.6. The van der Waals surface area contributed by atoms with Gasteiger partial charge in [0.15, 0.2) is 5.71 Å². The van der Waals surface area contributed by atoms with Gasteiger partial charge in [-0.3, -0.25) is 4.79 Å². The zero-order valence-electron chi connectivity index (χ0n) is 15.6. The number of carbonyl (C=O) groups excluding carboxylic acids is 2. The smallest absolute Gasteiger partial charge is 0.318 e. The molecule has 0 aliphatic carbocycles. The summed E-state index contributed by atoms with van der Waals surface area (Å²) in [5.74, 6) is -0.875.